The SMILES string of the molecule is C#CCSCCNC1CCCC(C(C)C)C1. The first kappa shape index (κ1) is 13.9. The van der Waals surface area contributed by atoms with Gasteiger partial charge < -0.3 is 5.32 Å². The molecule has 0 heterocycles. The van der Waals surface area contributed by atoms with Crippen molar-refractivity contribution in [2.75, 3.05) is 18.1 Å². The zero-order chi connectivity index (χ0) is 11.8. The predicted octanol–water partition coefficient (Wildman–Crippen LogP) is 3.16. The van der Waals surface area contributed by atoms with Crippen LogP contribution in [0.4, 0.5) is 0 Å². The maximum absolute atomic E-state index is 5.21. The maximum Gasteiger partial charge on any atom is 0.0545 e. The first-order valence-electron chi connectivity index (χ1n) is 6.48. The molecular weight excluding hydrogens is 214 g/mol. The first-order valence-corrected chi connectivity index (χ1v) is 7.64. The number of thioether (sulfide) groups is 1. The molecule has 1 nitrogen and oxygen atoms in total. The van der Waals surface area contributed by atoms with Gasteiger partial charge >= 0.3 is 0 Å². The van der Waals surface area contributed by atoms with E-state index in [-0.39, 0.29) is 0 Å². The van der Waals surface area contributed by atoms with Crippen molar-refractivity contribution in [3.8, 4) is 12.3 Å². The maximum atomic E-state index is 5.21. The van der Waals surface area contributed by atoms with E-state index in [4.69, 9.17) is 6.42 Å². The molecule has 2 atom stereocenters. The monoisotopic (exact) mass is 239 g/mol. The molecule has 1 fully saturated rings. The summed E-state index contributed by atoms with van der Waals surface area (Å²) in [7, 11) is 0. The van der Waals surface area contributed by atoms with Gasteiger partial charge in [-0.15, -0.1) is 18.2 Å². The molecular formula is C14H25NS. The van der Waals surface area contributed by atoms with Gasteiger partial charge in [-0.05, 0) is 24.7 Å². The molecule has 0 aromatic heterocycles. The third kappa shape index (κ3) is 5.27. The van der Waals surface area contributed by atoms with Crippen LogP contribution in [0.25, 0.3) is 0 Å². The molecule has 1 N–H and O–H groups in total. The molecule has 2 heteroatoms. The minimum atomic E-state index is 0.757. The van der Waals surface area contributed by atoms with E-state index in [1.807, 2.05) is 11.8 Å². The molecule has 1 saturated carbocycles. The second-order valence-corrected chi connectivity index (χ2v) is 6.18. The van der Waals surface area contributed by atoms with Crippen molar-refractivity contribution in [2.24, 2.45) is 11.8 Å². The molecule has 0 aliphatic heterocycles. The number of hydrogen-bond acceptors (Lipinski definition) is 2. The van der Waals surface area contributed by atoms with E-state index in [1.165, 1.54) is 25.7 Å². The highest BCUT2D eigenvalue weighted by molar-refractivity contribution is 7.99. The van der Waals surface area contributed by atoms with Crippen LogP contribution in [0.15, 0.2) is 0 Å². The van der Waals surface area contributed by atoms with E-state index in [9.17, 15) is 0 Å². The Morgan fingerprint density at radius 1 is 1.44 bits per heavy atom. The van der Waals surface area contributed by atoms with E-state index in [1.54, 1.807) is 0 Å². The summed E-state index contributed by atoms with van der Waals surface area (Å²) < 4.78 is 0. The van der Waals surface area contributed by atoms with Gasteiger partial charge in [-0.2, -0.15) is 0 Å². The molecule has 0 amide bonds. The Hall–Kier alpha value is -0.130. The normalized spacial score (nSPS) is 25.6. The molecule has 2 unspecified atom stereocenters. The fraction of sp³-hybridized carbons (Fsp3) is 0.857. The lowest BCUT2D eigenvalue weighted by Crippen LogP contribution is -2.36. The zero-order valence-electron chi connectivity index (χ0n) is 10.7. The molecule has 1 rings (SSSR count). The van der Waals surface area contributed by atoms with Crippen LogP contribution < -0.4 is 5.32 Å². The van der Waals surface area contributed by atoms with Gasteiger partial charge in [0.05, 0.1) is 5.75 Å². The molecule has 16 heavy (non-hydrogen) atoms. The highest BCUT2D eigenvalue weighted by Crippen LogP contribution is 2.29. The van der Waals surface area contributed by atoms with E-state index in [2.05, 4.69) is 25.1 Å². The average molecular weight is 239 g/mol. The summed E-state index contributed by atoms with van der Waals surface area (Å²) in [6, 6.07) is 0.757. The molecule has 0 radical (unpaired) electrons. The Labute approximate surface area is 105 Å². The van der Waals surface area contributed by atoms with Crippen LogP contribution in [0.5, 0.6) is 0 Å². The third-order valence-electron chi connectivity index (χ3n) is 3.52. The lowest BCUT2D eigenvalue weighted by molar-refractivity contribution is 0.234. The Morgan fingerprint density at radius 2 is 2.25 bits per heavy atom. The summed E-state index contributed by atoms with van der Waals surface area (Å²) in [5.74, 6) is 6.44. The van der Waals surface area contributed by atoms with Gasteiger partial charge in [0.25, 0.3) is 0 Å². The van der Waals surface area contributed by atoms with E-state index in [0.29, 0.717) is 0 Å². The average Bonchev–Trinajstić information content (AvgIpc) is 2.29. The quantitative estimate of drug-likeness (QED) is 0.564. The highest BCUT2D eigenvalue weighted by Gasteiger charge is 2.23. The van der Waals surface area contributed by atoms with Crippen molar-refractivity contribution in [2.45, 2.75) is 45.6 Å². The molecule has 0 saturated heterocycles. The van der Waals surface area contributed by atoms with Crippen molar-refractivity contribution in [1.82, 2.24) is 5.32 Å². The zero-order valence-corrected chi connectivity index (χ0v) is 11.5. The fourth-order valence-corrected chi connectivity index (χ4v) is 3.01. The Kier molecular flexibility index (Phi) is 7.00. The van der Waals surface area contributed by atoms with Gasteiger partial charge in [0.15, 0.2) is 0 Å². The molecule has 1 aliphatic carbocycles. The lowest BCUT2D eigenvalue weighted by Gasteiger charge is -2.32. The summed E-state index contributed by atoms with van der Waals surface area (Å²) in [6.07, 6.45) is 10.8. The summed E-state index contributed by atoms with van der Waals surface area (Å²) in [6.45, 7) is 5.83. The van der Waals surface area contributed by atoms with Crippen molar-refractivity contribution in [1.29, 1.82) is 0 Å². The summed E-state index contributed by atoms with van der Waals surface area (Å²) in [5, 5.41) is 3.68. The van der Waals surface area contributed by atoms with Crippen molar-refractivity contribution >= 4 is 11.8 Å². The van der Waals surface area contributed by atoms with Gasteiger partial charge in [-0.25, -0.2) is 0 Å². The van der Waals surface area contributed by atoms with Crippen LogP contribution in [-0.4, -0.2) is 24.1 Å². The van der Waals surface area contributed by atoms with E-state index >= 15 is 0 Å². The number of nitrogens with one attached hydrogen (secondary N) is 1. The van der Waals surface area contributed by atoms with Crippen LogP contribution in [0.3, 0.4) is 0 Å². The number of terminal acetylenes is 1. The van der Waals surface area contributed by atoms with Crippen LogP contribution >= 0.6 is 11.8 Å². The molecule has 1 aliphatic rings. The first-order chi connectivity index (χ1) is 7.74. The Balaban J connectivity index is 2.10. The Morgan fingerprint density at radius 3 is 2.94 bits per heavy atom. The smallest absolute Gasteiger partial charge is 0.0545 e. The second-order valence-electron chi connectivity index (χ2n) is 5.08. The lowest BCUT2D eigenvalue weighted by atomic mass is 9.79. The highest BCUT2D eigenvalue weighted by atomic mass is 32.2. The standard InChI is InChI=1S/C14H25NS/c1-4-9-16-10-8-15-14-7-5-6-13(11-14)12(2)3/h1,12-15H,5-11H2,2-3H3. The summed E-state index contributed by atoms with van der Waals surface area (Å²) in [5.41, 5.74) is 0. The molecule has 0 aromatic rings. The van der Waals surface area contributed by atoms with Crippen LogP contribution in [0, 0.1) is 24.2 Å². The van der Waals surface area contributed by atoms with E-state index in [0.717, 1.165) is 35.9 Å². The topological polar surface area (TPSA) is 12.0 Å². The van der Waals surface area contributed by atoms with Gasteiger partial charge in [0, 0.05) is 18.3 Å². The van der Waals surface area contributed by atoms with Gasteiger partial charge in [-0.1, -0.05) is 32.6 Å². The van der Waals surface area contributed by atoms with E-state index < -0.39 is 0 Å². The van der Waals surface area contributed by atoms with Gasteiger partial charge in [0.1, 0.15) is 0 Å². The predicted molar refractivity (Wildman–Crippen MR) is 74.7 cm³/mol. The Bertz CT molecular complexity index is 219. The summed E-state index contributed by atoms with van der Waals surface area (Å²) in [4.78, 5) is 0. The van der Waals surface area contributed by atoms with Crippen molar-refractivity contribution in [3.05, 3.63) is 0 Å². The van der Waals surface area contributed by atoms with Gasteiger partial charge in [0.2, 0.25) is 0 Å². The number of hydrogen-bond donors (Lipinski definition) is 1. The van der Waals surface area contributed by atoms with Gasteiger partial charge in [-0.3, -0.25) is 0 Å². The minimum absolute atomic E-state index is 0.757. The molecule has 0 bridgehead atoms. The number of rotatable bonds is 6. The van der Waals surface area contributed by atoms with Crippen LogP contribution in [0.1, 0.15) is 39.5 Å². The fourth-order valence-electron chi connectivity index (χ4n) is 2.48. The van der Waals surface area contributed by atoms with Crippen LogP contribution in [-0.2, 0) is 0 Å². The van der Waals surface area contributed by atoms with Crippen LogP contribution in [0.2, 0.25) is 0 Å². The van der Waals surface area contributed by atoms with Crippen molar-refractivity contribution in [3.63, 3.8) is 0 Å². The molecule has 0 spiro atoms. The van der Waals surface area contributed by atoms with Crippen molar-refractivity contribution < 1.29 is 0 Å². The molecule has 92 valence electrons. The summed E-state index contributed by atoms with van der Waals surface area (Å²) >= 11 is 1.85. The largest absolute Gasteiger partial charge is 0.313 e. The minimum Gasteiger partial charge on any atom is -0.313 e. The second kappa shape index (κ2) is 8.03. The molecule has 0 aromatic carbocycles. The third-order valence-corrected chi connectivity index (χ3v) is 4.39.